The molecule has 0 aliphatic heterocycles. The summed E-state index contributed by atoms with van der Waals surface area (Å²) >= 11 is 9.26. The van der Waals surface area contributed by atoms with Crippen molar-refractivity contribution < 1.29 is 14.1 Å². The Hall–Kier alpha value is -3.48. The van der Waals surface area contributed by atoms with E-state index in [1.165, 1.54) is 41.2 Å². The van der Waals surface area contributed by atoms with Crippen molar-refractivity contribution in [2.45, 2.75) is 6.54 Å². The van der Waals surface area contributed by atoms with Crippen molar-refractivity contribution in [3.63, 3.8) is 0 Å². The lowest BCUT2D eigenvalue weighted by Crippen LogP contribution is -2.06. The normalized spacial score (nSPS) is 10.8. The minimum Gasteiger partial charge on any atom is -0.453 e. The van der Waals surface area contributed by atoms with Gasteiger partial charge in [-0.15, -0.1) is 0 Å². The highest BCUT2D eigenvalue weighted by Gasteiger charge is 2.20. The van der Waals surface area contributed by atoms with Crippen LogP contribution in [-0.2, 0) is 6.54 Å². The zero-order valence-corrected chi connectivity index (χ0v) is 17.9. The Morgan fingerprint density at radius 1 is 1.29 bits per heavy atom. The number of para-hydroxylation sites is 1. The van der Waals surface area contributed by atoms with Gasteiger partial charge in [-0.2, -0.15) is 10.4 Å². The maximum absolute atomic E-state index is 15.3. The zero-order valence-electron chi connectivity index (χ0n) is 15.6. The number of rotatable bonds is 5. The molecule has 3 aromatic carbocycles. The third kappa shape index (κ3) is 4.08. The van der Waals surface area contributed by atoms with Crippen LogP contribution < -0.4 is 4.74 Å². The molecule has 0 spiro atoms. The summed E-state index contributed by atoms with van der Waals surface area (Å²) in [5.74, 6) is -0.578. The minimum absolute atomic E-state index is 0.0528. The molecule has 0 saturated carbocycles. The van der Waals surface area contributed by atoms with Crippen LogP contribution in [0.15, 0.2) is 59.2 Å². The predicted octanol–water partition coefficient (Wildman–Crippen LogP) is 6.21. The largest absolute Gasteiger partial charge is 0.453 e. The lowest BCUT2D eigenvalue weighted by Gasteiger charge is -2.13. The van der Waals surface area contributed by atoms with E-state index in [9.17, 15) is 10.1 Å². The van der Waals surface area contributed by atoms with Crippen molar-refractivity contribution in [1.29, 1.82) is 5.26 Å². The van der Waals surface area contributed by atoms with Gasteiger partial charge in [0.2, 0.25) is 0 Å². The van der Waals surface area contributed by atoms with E-state index in [0.717, 1.165) is 0 Å². The van der Waals surface area contributed by atoms with Crippen LogP contribution in [0.3, 0.4) is 0 Å². The molecule has 4 rings (SSSR count). The monoisotopic (exact) mass is 500 g/mol. The Bertz CT molecular complexity index is 1380. The number of hydrogen-bond donors (Lipinski definition) is 0. The first-order valence-electron chi connectivity index (χ1n) is 8.81. The van der Waals surface area contributed by atoms with Gasteiger partial charge in [-0.1, -0.05) is 29.8 Å². The quantitative estimate of drug-likeness (QED) is 0.239. The molecule has 0 fully saturated rings. The van der Waals surface area contributed by atoms with Gasteiger partial charge in [0.15, 0.2) is 11.6 Å². The van der Waals surface area contributed by atoms with Crippen LogP contribution in [0.1, 0.15) is 11.1 Å². The third-order valence-corrected chi connectivity index (χ3v) is 5.35. The third-order valence-electron chi connectivity index (χ3n) is 4.51. The molecule has 0 N–H and O–H groups in total. The Morgan fingerprint density at radius 3 is 2.84 bits per heavy atom. The van der Waals surface area contributed by atoms with Gasteiger partial charge in [-0.3, -0.25) is 14.8 Å². The lowest BCUT2D eigenvalue weighted by atomic mass is 10.2. The van der Waals surface area contributed by atoms with Crippen molar-refractivity contribution in [1.82, 2.24) is 9.78 Å². The first kappa shape index (κ1) is 20.8. The summed E-state index contributed by atoms with van der Waals surface area (Å²) in [5.41, 5.74) is 0.659. The zero-order chi connectivity index (χ0) is 22.1. The fraction of sp³-hybridized carbons (Fsp3) is 0.0476. The van der Waals surface area contributed by atoms with Crippen molar-refractivity contribution in [3.8, 4) is 17.6 Å². The van der Waals surface area contributed by atoms with Gasteiger partial charge < -0.3 is 4.74 Å². The number of nitriles is 1. The number of ether oxygens (including phenoxy) is 1. The second-order valence-electron chi connectivity index (χ2n) is 6.51. The van der Waals surface area contributed by atoms with E-state index < -0.39 is 10.7 Å². The molecule has 0 radical (unpaired) electrons. The molecule has 31 heavy (non-hydrogen) atoms. The number of nitrogens with zero attached hydrogens (tertiary/aromatic N) is 4. The van der Waals surface area contributed by atoms with Crippen LogP contribution in [-0.4, -0.2) is 14.7 Å². The Morgan fingerprint density at radius 2 is 2.10 bits per heavy atom. The molecule has 154 valence electrons. The molecule has 4 aromatic rings. The maximum atomic E-state index is 15.3. The minimum atomic E-state index is -0.671. The van der Waals surface area contributed by atoms with Gasteiger partial charge in [0.05, 0.1) is 33.8 Å². The van der Waals surface area contributed by atoms with Crippen LogP contribution in [0, 0.1) is 27.3 Å². The van der Waals surface area contributed by atoms with Crippen LogP contribution in [0.5, 0.6) is 11.5 Å². The summed E-state index contributed by atoms with van der Waals surface area (Å²) in [7, 11) is 0. The van der Waals surface area contributed by atoms with Gasteiger partial charge >= 0.3 is 0 Å². The Labute approximate surface area is 188 Å². The standard InChI is InChI=1S/C21H11BrClFN4O3/c22-17-5-4-14(11-27-20-13(10-26-27)2-1-3-18(20)28(29)30)19(24)21(17)31-16-7-12(9-25)6-15(23)8-16/h1-8,10H,11H2. The van der Waals surface area contributed by atoms with Crippen molar-refractivity contribution in [2.75, 3.05) is 0 Å². The SMILES string of the molecule is N#Cc1cc(Cl)cc(Oc2c(Br)ccc(Cn3ncc4cccc([N+](=O)[O-])c43)c2F)c1. The van der Waals surface area contributed by atoms with Gasteiger partial charge in [-0.25, -0.2) is 4.39 Å². The average Bonchev–Trinajstić information content (AvgIpc) is 3.15. The molecule has 1 aromatic heterocycles. The number of halogens is 3. The van der Waals surface area contributed by atoms with E-state index in [0.29, 0.717) is 15.4 Å². The van der Waals surface area contributed by atoms with Crippen molar-refractivity contribution in [3.05, 3.63) is 91.3 Å². The van der Waals surface area contributed by atoms with E-state index in [1.807, 2.05) is 6.07 Å². The number of nitro benzene ring substituents is 1. The highest BCUT2D eigenvalue weighted by atomic mass is 79.9. The Kier molecular flexibility index (Phi) is 5.59. The van der Waals surface area contributed by atoms with E-state index in [1.54, 1.807) is 18.2 Å². The lowest BCUT2D eigenvalue weighted by molar-refractivity contribution is -0.383. The van der Waals surface area contributed by atoms with Crippen molar-refractivity contribution in [2.24, 2.45) is 0 Å². The predicted molar refractivity (Wildman–Crippen MR) is 116 cm³/mol. The molecular formula is C21H11BrClFN4O3. The van der Waals surface area contributed by atoms with E-state index in [4.69, 9.17) is 21.6 Å². The van der Waals surface area contributed by atoms with Crippen LogP contribution in [0.25, 0.3) is 10.9 Å². The highest BCUT2D eigenvalue weighted by Crippen LogP contribution is 2.36. The second kappa shape index (κ2) is 8.34. The van der Waals surface area contributed by atoms with Gasteiger partial charge in [-0.05, 0) is 40.2 Å². The van der Waals surface area contributed by atoms with Crippen LogP contribution in [0.2, 0.25) is 5.02 Å². The number of benzene rings is 3. The maximum Gasteiger partial charge on any atom is 0.295 e. The first-order chi connectivity index (χ1) is 14.9. The van der Waals surface area contributed by atoms with Gasteiger partial charge in [0, 0.05) is 22.0 Å². The summed E-state index contributed by atoms with van der Waals surface area (Å²) in [4.78, 5) is 10.9. The smallest absolute Gasteiger partial charge is 0.295 e. The molecule has 7 nitrogen and oxygen atoms in total. The summed E-state index contributed by atoms with van der Waals surface area (Å²) in [5, 5.41) is 25.5. The molecular weight excluding hydrogens is 491 g/mol. The summed E-state index contributed by atoms with van der Waals surface area (Å²) in [6, 6.07) is 14.1. The average molecular weight is 502 g/mol. The van der Waals surface area contributed by atoms with E-state index >= 15 is 4.39 Å². The van der Waals surface area contributed by atoms with Crippen molar-refractivity contribution >= 4 is 44.1 Å². The highest BCUT2D eigenvalue weighted by molar-refractivity contribution is 9.10. The Balaban J connectivity index is 1.74. The molecule has 0 saturated heterocycles. The number of fused-ring (bicyclic) bond motifs is 1. The fourth-order valence-corrected chi connectivity index (χ4v) is 3.76. The molecule has 1 heterocycles. The summed E-state index contributed by atoms with van der Waals surface area (Å²) in [6.07, 6.45) is 1.49. The number of nitro groups is 1. The van der Waals surface area contributed by atoms with E-state index in [2.05, 4.69) is 21.0 Å². The van der Waals surface area contributed by atoms with Crippen LogP contribution in [0.4, 0.5) is 10.1 Å². The number of aromatic nitrogens is 2. The first-order valence-corrected chi connectivity index (χ1v) is 9.99. The molecule has 10 heteroatoms. The molecule has 0 bridgehead atoms. The summed E-state index contributed by atoms with van der Waals surface area (Å²) < 4.78 is 22.7. The second-order valence-corrected chi connectivity index (χ2v) is 7.80. The fourth-order valence-electron chi connectivity index (χ4n) is 3.15. The molecule has 0 atom stereocenters. The van der Waals surface area contributed by atoms with Crippen LogP contribution >= 0.6 is 27.5 Å². The van der Waals surface area contributed by atoms with E-state index in [-0.39, 0.29) is 39.9 Å². The number of non-ortho nitro benzene ring substituents is 1. The molecule has 0 amide bonds. The number of hydrogen-bond acceptors (Lipinski definition) is 5. The van der Waals surface area contributed by atoms with Gasteiger partial charge in [0.1, 0.15) is 11.3 Å². The summed E-state index contributed by atoms with van der Waals surface area (Å²) in [6.45, 7) is -0.0528. The topological polar surface area (TPSA) is 94.0 Å². The molecule has 0 unspecified atom stereocenters. The van der Waals surface area contributed by atoms with Gasteiger partial charge in [0.25, 0.3) is 5.69 Å². The molecule has 0 aliphatic carbocycles. The molecule has 0 aliphatic rings.